The summed E-state index contributed by atoms with van der Waals surface area (Å²) in [6, 6.07) is 18.8. The average molecular weight is 474 g/mol. The molecule has 0 unspecified atom stereocenters. The van der Waals surface area contributed by atoms with Crippen molar-refractivity contribution in [2.24, 2.45) is 0 Å². The van der Waals surface area contributed by atoms with Gasteiger partial charge in [0.1, 0.15) is 11.6 Å². The van der Waals surface area contributed by atoms with Crippen molar-refractivity contribution in [3.05, 3.63) is 83.0 Å². The number of fused-ring (bicyclic) bond motifs is 2. The number of benzene rings is 2. The first kappa shape index (κ1) is 24.6. The molecule has 0 saturated heterocycles. The number of anilines is 2. The second-order valence-corrected chi connectivity index (χ2v) is 9.14. The molecule has 1 N–H and O–H groups in total. The summed E-state index contributed by atoms with van der Waals surface area (Å²) >= 11 is 0. The maximum Gasteiger partial charge on any atom is 0.306 e. The van der Waals surface area contributed by atoms with E-state index in [0.717, 1.165) is 43.1 Å². The number of hydrogen-bond donors (Lipinski definition) is 1. The zero-order valence-corrected chi connectivity index (χ0v) is 20.9. The van der Waals surface area contributed by atoms with Crippen LogP contribution >= 0.6 is 0 Å². The summed E-state index contributed by atoms with van der Waals surface area (Å²) in [7, 11) is 4.04. The van der Waals surface area contributed by atoms with E-state index >= 15 is 0 Å². The van der Waals surface area contributed by atoms with Crippen molar-refractivity contribution in [3.8, 4) is 5.75 Å². The van der Waals surface area contributed by atoms with E-state index in [1.165, 1.54) is 22.3 Å². The van der Waals surface area contributed by atoms with Crippen LogP contribution in [0.4, 0.5) is 11.5 Å². The molecule has 1 aliphatic carbocycles. The van der Waals surface area contributed by atoms with Gasteiger partial charge in [-0.2, -0.15) is 0 Å². The largest absolute Gasteiger partial charge is 0.494 e. The highest BCUT2D eigenvalue weighted by atomic mass is 16.5. The molecule has 3 aromatic rings. The number of esters is 1. The topological polar surface area (TPSA) is 63.7 Å². The van der Waals surface area contributed by atoms with E-state index in [-0.39, 0.29) is 11.9 Å². The number of nitrogens with one attached hydrogen (secondary N) is 1. The Morgan fingerprint density at radius 3 is 2.77 bits per heavy atom. The highest BCUT2D eigenvalue weighted by Gasteiger charge is 2.24. The van der Waals surface area contributed by atoms with Gasteiger partial charge in [-0.15, -0.1) is 0 Å². The molecule has 4 rings (SSSR count). The fraction of sp³-hybridized carbons (Fsp3) is 0.379. The minimum atomic E-state index is -0.132. The molecule has 6 nitrogen and oxygen atoms in total. The number of rotatable bonds is 10. The number of carbonyl (C=O) groups excluding carboxylic acids is 1. The number of pyridine rings is 1. The van der Waals surface area contributed by atoms with Gasteiger partial charge in [-0.1, -0.05) is 30.3 Å². The molecule has 1 heterocycles. The second kappa shape index (κ2) is 11.7. The maximum absolute atomic E-state index is 12.3. The molecule has 2 aromatic carbocycles. The van der Waals surface area contributed by atoms with E-state index in [2.05, 4.69) is 51.6 Å². The van der Waals surface area contributed by atoms with Gasteiger partial charge in [-0.25, -0.2) is 4.98 Å². The summed E-state index contributed by atoms with van der Waals surface area (Å²) in [5.74, 6) is 1.76. The van der Waals surface area contributed by atoms with Crippen molar-refractivity contribution in [2.75, 3.05) is 44.1 Å². The summed E-state index contributed by atoms with van der Waals surface area (Å²) in [5.41, 5.74) is 6.18. The molecule has 35 heavy (non-hydrogen) atoms. The van der Waals surface area contributed by atoms with Crippen LogP contribution in [0.1, 0.15) is 47.9 Å². The summed E-state index contributed by atoms with van der Waals surface area (Å²) in [6.45, 7) is 3.68. The number of aromatic nitrogens is 1. The third kappa shape index (κ3) is 6.53. The molecule has 0 bridgehead atoms. The van der Waals surface area contributed by atoms with Crippen LogP contribution in [0.3, 0.4) is 0 Å². The number of carbonyl (C=O) groups is 1. The lowest BCUT2D eigenvalue weighted by Gasteiger charge is -2.17. The van der Waals surface area contributed by atoms with Crippen LogP contribution in [0.2, 0.25) is 0 Å². The lowest BCUT2D eigenvalue weighted by Crippen LogP contribution is -2.13. The van der Waals surface area contributed by atoms with Crippen molar-refractivity contribution in [1.29, 1.82) is 0 Å². The van der Waals surface area contributed by atoms with Gasteiger partial charge in [0.15, 0.2) is 0 Å². The molecule has 0 aliphatic heterocycles. The minimum Gasteiger partial charge on any atom is -0.494 e. The van der Waals surface area contributed by atoms with E-state index in [1.807, 2.05) is 45.4 Å². The SMILES string of the molecule is CCOC(=O)C[C@@H]1Cc2ccc(OCCCNc3cc(N(C)C)ccn3)cc2Cc2ccccc21. The van der Waals surface area contributed by atoms with E-state index < -0.39 is 0 Å². The predicted octanol–water partition coefficient (Wildman–Crippen LogP) is 5.21. The molecular formula is C29H35N3O3. The fourth-order valence-corrected chi connectivity index (χ4v) is 4.61. The Hall–Kier alpha value is -3.54. The van der Waals surface area contributed by atoms with E-state index in [1.54, 1.807) is 0 Å². The molecule has 0 radical (unpaired) electrons. The molecule has 0 saturated carbocycles. The smallest absolute Gasteiger partial charge is 0.306 e. The van der Waals surface area contributed by atoms with Crippen LogP contribution in [0.5, 0.6) is 5.75 Å². The van der Waals surface area contributed by atoms with Crippen LogP contribution in [0.15, 0.2) is 60.8 Å². The Balaban J connectivity index is 1.36. The van der Waals surface area contributed by atoms with Gasteiger partial charge >= 0.3 is 5.97 Å². The first-order chi connectivity index (χ1) is 17.0. The summed E-state index contributed by atoms with van der Waals surface area (Å²) < 4.78 is 11.3. The molecule has 6 heteroatoms. The molecule has 0 spiro atoms. The monoisotopic (exact) mass is 473 g/mol. The summed E-state index contributed by atoms with van der Waals surface area (Å²) in [6.07, 6.45) is 4.77. The quantitative estimate of drug-likeness (QED) is 0.322. The second-order valence-electron chi connectivity index (χ2n) is 9.14. The van der Waals surface area contributed by atoms with Crippen molar-refractivity contribution in [2.45, 2.75) is 38.5 Å². The third-order valence-electron chi connectivity index (χ3n) is 6.39. The lowest BCUT2D eigenvalue weighted by molar-refractivity contribution is -0.143. The van der Waals surface area contributed by atoms with Gasteiger partial charge in [0.05, 0.1) is 19.6 Å². The number of ether oxygens (including phenoxy) is 2. The Morgan fingerprint density at radius 1 is 1.09 bits per heavy atom. The highest BCUT2D eigenvalue weighted by Crippen LogP contribution is 2.35. The molecule has 1 atom stereocenters. The summed E-state index contributed by atoms with van der Waals surface area (Å²) in [5, 5.41) is 3.37. The first-order valence-electron chi connectivity index (χ1n) is 12.4. The summed E-state index contributed by atoms with van der Waals surface area (Å²) in [4.78, 5) is 18.7. The van der Waals surface area contributed by atoms with Gasteiger partial charge in [-0.3, -0.25) is 4.79 Å². The van der Waals surface area contributed by atoms with Gasteiger partial charge in [0, 0.05) is 38.6 Å². The standard InChI is InChI=1S/C29H35N3O3/c1-4-34-29(33)19-24-16-21-10-11-26(18-23(21)17-22-8-5-6-9-27(22)24)35-15-7-13-30-28-20-25(32(2)3)12-14-31-28/h5-6,8-12,14,18,20,24H,4,7,13,15-17,19H2,1-3H3,(H,30,31)/t24-/m0/s1. The van der Waals surface area contributed by atoms with E-state index in [4.69, 9.17) is 9.47 Å². The molecule has 0 amide bonds. The zero-order chi connectivity index (χ0) is 24.6. The average Bonchev–Trinajstić information content (AvgIpc) is 3.00. The van der Waals surface area contributed by atoms with Crippen LogP contribution in [0, 0.1) is 0 Å². The van der Waals surface area contributed by atoms with Gasteiger partial charge in [0.25, 0.3) is 0 Å². The van der Waals surface area contributed by atoms with Gasteiger partial charge in [-0.05, 0) is 72.6 Å². The van der Waals surface area contributed by atoms with Crippen LogP contribution in [0.25, 0.3) is 0 Å². The highest BCUT2D eigenvalue weighted by molar-refractivity contribution is 5.71. The molecule has 1 aromatic heterocycles. The molecular weight excluding hydrogens is 438 g/mol. The normalized spacial score (nSPS) is 14.3. The van der Waals surface area contributed by atoms with Crippen molar-refractivity contribution >= 4 is 17.5 Å². The first-order valence-corrected chi connectivity index (χ1v) is 12.4. The number of hydrogen-bond acceptors (Lipinski definition) is 6. The Morgan fingerprint density at radius 2 is 1.94 bits per heavy atom. The van der Waals surface area contributed by atoms with Crippen LogP contribution in [-0.2, 0) is 22.4 Å². The minimum absolute atomic E-state index is 0.129. The van der Waals surface area contributed by atoms with Gasteiger partial charge < -0.3 is 19.7 Å². The molecule has 1 aliphatic rings. The Bertz CT molecular complexity index is 1150. The van der Waals surface area contributed by atoms with Crippen LogP contribution in [-0.4, -0.2) is 44.8 Å². The Kier molecular flexibility index (Phi) is 8.24. The van der Waals surface area contributed by atoms with Crippen LogP contribution < -0.4 is 15.0 Å². The maximum atomic E-state index is 12.3. The zero-order valence-electron chi connectivity index (χ0n) is 20.9. The van der Waals surface area contributed by atoms with Crippen molar-refractivity contribution in [3.63, 3.8) is 0 Å². The molecule has 184 valence electrons. The predicted molar refractivity (Wildman–Crippen MR) is 141 cm³/mol. The molecule has 0 fully saturated rings. The van der Waals surface area contributed by atoms with E-state index in [0.29, 0.717) is 19.6 Å². The lowest BCUT2D eigenvalue weighted by atomic mass is 9.89. The van der Waals surface area contributed by atoms with Crippen molar-refractivity contribution in [1.82, 2.24) is 4.98 Å². The third-order valence-corrected chi connectivity index (χ3v) is 6.39. The van der Waals surface area contributed by atoms with Gasteiger partial charge in [0.2, 0.25) is 0 Å². The Labute approximate surface area is 208 Å². The van der Waals surface area contributed by atoms with Crippen molar-refractivity contribution < 1.29 is 14.3 Å². The van der Waals surface area contributed by atoms with E-state index in [9.17, 15) is 4.79 Å². The number of nitrogens with zero attached hydrogens (tertiary/aromatic N) is 2. The fourth-order valence-electron chi connectivity index (χ4n) is 4.61.